The van der Waals surface area contributed by atoms with Gasteiger partial charge in [0.05, 0.1) is 18.7 Å². The molecule has 3 rings (SSSR count). The number of ether oxygens (including phenoxy) is 2. The molecule has 1 aliphatic heterocycles. The molecule has 7 heteroatoms. The molecular weight excluding hydrogens is 334 g/mol. The molecule has 1 aromatic carbocycles. The van der Waals surface area contributed by atoms with Crippen LogP contribution in [0.15, 0.2) is 24.4 Å². The highest BCUT2D eigenvalue weighted by Crippen LogP contribution is 2.26. The van der Waals surface area contributed by atoms with Gasteiger partial charge in [0.2, 0.25) is 0 Å². The molecule has 0 unspecified atom stereocenters. The number of carbonyl (C=O) groups excluding carboxylic acids is 2. The molecule has 26 heavy (non-hydrogen) atoms. The third-order valence-electron chi connectivity index (χ3n) is 4.45. The zero-order valence-electron chi connectivity index (χ0n) is 15.7. The van der Waals surface area contributed by atoms with Crippen LogP contribution in [0.2, 0.25) is 0 Å². The number of piperidine rings is 1. The Morgan fingerprint density at radius 2 is 1.88 bits per heavy atom. The highest BCUT2D eigenvalue weighted by molar-refractivity contribution is 6.02. The first-order chi connectivity index (χ1) is 12.3. The number of likely N-dealkylation sites (tertiary alicyclic amines) is 1. The van der Waals surface area contributed by atoms with Gasteiger partial charge in [0.15, 0.2) is 0 Å². The summed E-state index contributed by atoms with van der Waals surface area (Å²) in [6, 6.07) is 5.66. The average molecular weight is 359 g/mol. The fourth-order valence-corrected chi connectivity index (χ4v) is 3.17. The van der Waals surface area contributed by atoms with Crippen LogP contribution in [0.4, 0.5) is 4.79 Å². The van der Waals surface area contributed by atoms with Crippen molar-refractivity contribution in [2.45, 2.75) is 45.3 Å². The Morgan fingerprint density at radius 3 is 2.50 bits per heavy atom. The number of aromatic nitrogens is 2. The van der Waals surface area contributed by atoms with E-state index in [0.717, 1.165) is 18.2 Å². The Balaban J connectivity index is 1.72. The predicted octanol–water partition coefficient (Wildman–Crippen LogP) is 3.39. The number of rotatable bonds is 2. The molecular formula is C19H25N3O4. The van der Waals surface area contributed by atoms with Gasteiger partial charge in [0.1, 0.15) is 11.1 Å². The lowest BCUT2D eigenvalue weighted by atomic mass is 10.1. The summed E-state index contributed by atoms with van der Waals surface area (Å²) in [5.41, 5.74) is 0.627. The molecule has 2 heterocycles. The lowest BCUT2D eigenvalue weighted by Crippen LogP contribution is -2.42. The predicted molar refractivity (Wildman–Crippen MR) is 97.2 cm³/mol. The normalized spacial score (nSPS) is 15.9. The van der Waals surface area contributed by atoms with E-state index in [1.54, 1.807) is 11.0 Å². The molecule has 1 amide bonds. The zero-order valence-corrected chi connectivity index (χ0v) is 15.7. The smallest absolute Gasteiger partial charge is 0.410 e. The monoisotopic (exact) mass is 359 g/mol. The van der Waals surface area contributed by atoms with Crippen molar-refractivity contribution in [1.29, 1.82) is 0 Å². The zero-order chi connectivity index (χ0) is 18.9. The molecule has 0 atom stereocenters. The van der Waals surface area contributed by atoms with Crippen molar-refractivity contribution in [2.24, 2.45) is 0 Å². The summed E-state index contributed by atoms with van der Waals surface area (Å²) in [6.07, 6.45) is 3.27. The molecule has 1 aliphatic rings. The second kappa shape index (κ2) is 6.97. The third-order valence-corrected chi connectivity index (χ3v) is 4.45. The van der Waals surface area contributed by atoms with E-state index in [4.69, 9.17) is 9.47 Å². The second-order valence-corrected chi connectivity index (χ2v) is 7.54. The maximum atomic E-state index is 12.2. The summed E-state index contributed by atoms with van der Waals surface area (Å²) in [5, 5.41) is 5.52. The van der Waals surface area contributed by atoms with Crippen LogP contribution in [-0.2, 0) is 9.47 Å². The van der Waals surface area contributed by atoms with Gasteiger partial charge < -0.3 is 14.4 Å². The van der Waals surface area contributed by atoms with Gasteiger partial charge in [-0.2, -0.15) is 5.10 Å². The van der Waals surface area contributed by atoms with E-state index in [9.17, 15) is 9.59 Å². The summed E-state index contributed by atoms with van der Waals surface area (Å²) in [5.74, 6) is -0.388. The highest BCUT2D eigenvalue weighted by atomic mass is 16.6. The first kappa shape index (κ1) is 18.2. The SMILES string of the molecule is COC(=O)c1cccc2cn(C3CCN(C(=O)OC(C)(C)C)CC3)nc12. The Kier molecular flexibility index (Phi) is 4.89. The van der Waals surface area contributed by atoms with E-state index in [0.29, 0.717) is 24.2 Å². The molecule has 0 spiro atoms. The molecule has 1 fully saturated rings. The van der Waals surface area contributed by atoms with E-state index < -0.39 is 5.60 Å². The highest BCUT2D eigenvalue weighted by Gasteiger charge is 2.28. The number of hydrogen-bond donors (Lipinski definition) is 0. The van der Waals surface area contributed by atoms with Gasteiger partial charge in [-0.05, 0) is 39.7 Å². The summed E-state index contributed by atoms with van der Waals surface area (Å²) in [6.45, 7) is 6.85. The lowest BCUT2D eigenvalue weighted by Gasteiger charge is -2.33. The van der Waals surface area contributed by atoms with Crippen LogP contribution in [0, 0.1) is 0 Å². The minimum Gasteiger partial charge on any atom is -0.465 e. The molecule has 140 valence electrons. The maximum absolute atomic E-state index is 12.2. The van der Waals surface area contributed by atoms with Crippen molar-refractivity contribution < 1.29 is 19.1 Å². The van der Waals surface area contributed by atoms with Crippen LogP contribution in [0.25, 0.3) is 10.9 Å². The fourth-order valence-electron chi connectivity index (χ4n) is 3.17. The summed E-state index contributed by atoms with van der Waals surface area (Å²) in [4.78, 5) is 25.8. The molecule has 0 radical (unpaired) electrons. The van der Waals surface area contributed by atoms with Crippen LogP contribution < -0.4 is 0 Å². The van der Waals surface area contributed by atoms with Crippen molar-refractivity contribution in [2.75, 3.05) is 20.2 Å². The third kappa shape index (κ3) is 3.81. The number of nitrogens with zero attached hydrogens (tertiary/aromatic N) is 3. The summed E-state index contributed by atoms with van der Waals surface area (Å²) >= 11 is 0. The Bertz CT molecular complexity index is 814. The first-order valence-electron chi connectivity index (χ1n) is 8.82. The van der Waals surface area contributed by atoms with E-state index in [1.165, 1.54) is 7.11 Å². The van der Waals surface area contributed by atoms with Gasteiger partial charge >= 0.3 is 12.1 Å². The van der Waals surface area contributed by atoms with Crippen LogP contribution in [-0.4, -0.2) is 52.5 Å². The largest absolute Gasteiger partial charge is 0.465 e. The van der Waals surface area contributed by atoms with E-state index in [-0.39, 0.29) is 18.1 Å². The van der Waals surface area contributed by atoms with Crippen LogP contribution in [0.5, 0.6) is 0 Å². The fraction of sp³-hybridized carbons (Fsp3) is 0.526. The lowest BCUT2D eigenvalue weighted by molar-refractivity contribution is 0.0184. The maximum Gasteiger partial charge on any atom is 0.410 e. The second-order valence-electron chi connectivity index (χ2n) is 7.54. The van der Waals surface area contributed by atoms with Gasteiger partial charge in [0, 0.05) is 24.7 Å². The van der Waals surface area contributed by atoms with Crippen LogP contribution in [0.1, 0.15) is 50.0 Å². The van der Waals surface area contributed by atoms with Crippen molar-refractivity contribution in [1.82, 2.24) is 14.7 Å². The Morgan fingerprint density at radius 1 is 1.19 bits per heavy atom. The molecule has 0 N–H and O–H groups in total. The molecule has 0 saturated carbocycles. The Hall–Kier alpha value is -2.57. The van der Waals surface area contributed by atoms with Crippen molar-refractivity contribution >= 4 is 23.0 Å². The van der Waals surface area contributed by atoms with E-state index in [1.807, 2.05) is 43.8 Å². The van der Waals surface area contributed by atoms with Gasteiger partial charge in [-0.1, -0.05) is 12.1 Å². The topological polar surface area (TPSA) is 73.7 Å². The van der Waals surface area contributed by atoms with Crippen molar-refractivity contribution in [3.05, 3.63) is 30.0 Å². The molecule has 0 bridgehead atoms. The quantitative estimate of drug-likeness (QED) is 0.769. The van der Waals surface area contributed by atoms with Gasteiger partial charge in [-0.15, -0.1) is 0 Å². The number of benzene rings is 1. The number of amides is 1. The summed E-state index contributed by atoms with van der Waals surface area (Å²) < 4.78 is 12.2. The number of hydrogen-bond acceptors (Lipinski definition) is 5. The molecule has 0 aliphatic carbocycles. The number of fused-ring (bicyclic) bond motifs is 1. The minimum atomic E-state index is -0.488. The Labute approximate surface area is 152 Å². The van der Waals surface area contributed by atoms with Gasteiger partial charge in [-0.25, -0.2) is 9.59 Å². The molecule has 2 aromatic rings. The van der Waals surface area contributed by atoms with Crippen LogP contribution in [0.3, 0.4) is 0 Å². The van der Waals surface area contributed by atoms with Crippen molar-refractivity contribution in [3.8, 4) is 0 Å². The van der Waals surface area contributed by atoms with Crippen molar-refractivity contribution in [3.63, 3.8) is 0 Å². The molecule has 1 saturated heterocycles. The van der Waals surface area contributed by atoms with Gasteiger partial charge in [-0.3, -0.25) is 4.68 Å². The average Bonchev–Trinajstić information content (AvgIpc) is 3.04. The first-order valence-corrected chi connectivity index (χ1v) is 8.82. The number of esters is 1. The van der Waals surface area contributed by atoms with Crippen LogP contribution >= 0.6 is 0 Å². The number of carbonyl (C=O) groups is 2. The van der Waals surface area contributed by atoms with E-state index >= 15 is 0 Å². The molecule has 1 aromatic heterocycles. The summed E-state index contributed by atoms with van der Waals surface area (Å²) in [7, 11) is 1.37. The minimum absolute atomic E-state index is 0.187. The van der Waals surface area contributed by atoms with Gasteiger partial charge in [0.25, 0.3) is 0 Å². The number of methoxy groups -OCH3 is 1. The molecule has 7 nitrogen and oxygen atoms in total. The van der Waals surface area contributed by atoms with E-state index in [2.05, 4.69) is 5.10 Å². The standard InChI is InChI=1S/C19H25N3O4/c1-19(2,3)26-18(24)21-10-8-14(9-11-21)22-12-13-6-5-7-15(16(13)20-22)17(23)25-4/h5-7,12,14H,8-11H2,1-4H3.